The van der Waals surface area contributed by atoms with E-state index >= 15 is 0 Å². The van der Waals surface area contributed by atoms with Crippen LogP contribution < -0.4 is 0 Å². The predicted octanol–water partition coefficient (Wildman–Crippen LogP) is 13.9. The Morgan fingerprint density at radius 1 is 0.616 bits per heavy atom. The number of nitrogens with zero attached hydrogens (tertiary/aromatic N) is 5. The van der Waals surface area contributed by atoms with Crippen molar-refractivity contribution in [2.24, 2.45) is 0 Å². The zero-order valence-electron chi connectivity index (χ0n) is 40.4. The summed E-state index contributed by atoms with van der Waals surface area (Å²) in [5, 5.41) is 42.0. The highest BCUT2D eigenvalue weighted by Gasteiger charge is 2.44. The van der Waals surface area contributed by atoms with E-state index < -0.39 is 29.0 Å². The van der Waals surface area contributed by atoms with Crippen LogP contribution in [0.25, 0.3) is 25.3 Å². The SMILES string of the molecule is O=C(O)c1ccc2nc(C3(O)CCC(OCc4c(C5CCC(F)(F)CC5)noc4C4CC4)CC3)sc2c1.[C-]#[N+]c1ccc2nc(C3(O)CCC(OCc4c(C5CCC(F)(F)CC5)noc4C4CC4)CC3)sc2c1. The van der Waals surface area contributed by atoms with E-state index in [-0.39, 0.29) is 55.3 Å². The molecule has 19 heteroatoms. The maximum absolute atomic E-state index is 13.7. The smallest absolute Gasteiger partial charge is 0.335 e. The molecule has 0 bridgehead atoms. The summed E-state index contributed by atoms with van der Waals surface area (Å²) >= 11 is 2.79. The van der Waals surface area contributed by atoms with Gasteiger partial charge in [0, 0.05) is 65.2 Å². The van der Waals surface area contributed by atoms with Gasteiger partial charge in [0.15, 0.2) is 5.69 Å². The molecule has 0 saturated heterocycles. The largest absolute Gasteiger partial charge is 0.478 e. The number of hydrogen-bond donors (Lipinski definition) is 3. The molecule has 0 unspecified atom stereocenters. The number of aromatic carboxylic acids is 1. The van der Waals surface area contributed by atoms with E-state index in [0.717, 1.165) is 74.6 Å². The first-order valence-corrected chi connectivity index (χ1v) is 27.5. The van der Waals surface area contributed by atoms with Crippen LogP contribution in [0.1, 0.15) is 206 Å². The topological polar surface area (TPSA) is 178 Å². The minimum absolute atomic E-state index is 0.00105. The third-order valence-corrected chi connectivity index (χ3v) is 18.6. The highest BCUT2D eigenvalue weighted by molar-refractivity contribution is 7.19. The van der Waals surface area contributed by atoms with Crippen LogP contribution in [0.15, 0.2) is 45.4 Å². The summed E-state index contributed by atoms with van der Waals surface area (Å²) in [6, 6.07) is 10.2. The fourth-order valence-electron chi connectivity index (χ4n) is 11.3. The molecular weight excluding hydrogens is 987 g/mol. The molecule has 6 aliphatic rings. The van der Waals surface area contributed by atoms with Gasteiger partial charge in [0.1, 0.15) is 32.7 Å². The number of carbonyl (C=O) groups is 1. The van der Waals surface area contributed by atoms with Crippen LogP contribution in [-0.2, 0) is 33.9 Å². The van der Waals surface area contributed by atoms with Gasteiger partial charge in [-0.3, -0.25) is 0 Å². The zero-order chi connectivity index (χ0) is 50.7. The lowest BCUT2D eigenvalue weighted by Gasteiger charge is -2.34. The van der Waals surface area contributed by atoms with Crippen molar-refractivity contribution >= 4 is 54.8 Å². The van der Waals surface area contributed by atoms with Crippen molar-refractivity contribution in [1.82, 2.24) is 20.3 Å². The molecule has 3 N–H and O–H groups in total. The van der Waals surface area contributed by atoms with Crippen molar-refractivity contribution in [1.29, 1.82) is 0 Å². The van der Waals surface area contributed by atoms with Gasteiger partial charge in [0.25, 0.3) is 0 Å². The molecule has 0 spiro atoms. The minimum Gasteiger partial charge on any atom is -0.478 e. The van der Waals surface area contributed by atoms with Crippen molar-refractivity contribution in [3.8, 4) is 0 Å². The molecule has 2 aromatic carbocycles. The molecule has 12 rings (SSSR count). The molecule has 4 heterocycles. The summed E-state index contributed by atoms with van der Waals surface area (Å²) < 4.78 is 80.5. The standard InChI is InChI=1S/C27H29F2N3O3S.C27H30F2N2O5S/c1-30-18-4-5-21-22(14-18)36-25(31-21)26(33)10-8-19(9-11-26)34-15-20-23(32-35-24(20)17-2-3-17)16-6-12-27(28,29)13-7-16;28-27(29)11-5-15(6-12-27)22-19(23(36-31-22)16-1-2-16)14-35-18-7-9-26(34,10-8-18)25-30-20-4-3-17(24(32)33)13-21(20)37-25/h4-5,14,16-17,19,33H,2-3,6-13,15H2;3-4,13,15-16,18,34H,1-2,5-12,14H2,(H,32,33). The average molecular weight is 1050 g/mol. The van der Waals surface area contributed by atoms with Gasteiger partial charge in [-0.1, -0.05) is 16.4 Å². The summed E-state index contributed by atoms with van der Waals surface area (Å²) in [6.07, 6.45) is 10.2. The number of alkyl halides is 4. The van der Waals surface area contributed by atoms with Gasteiger partial charge in [-0.15, -0.1) is 22.7 Å². The summed E-state index contributed by atoms with van der Waals surface area (Å²) in [7, 11) is 0. The van der Waals surface area contributed by atoms with Crippen LogP contribution in [-0.4, -0.2) is 65.6 Å². The van der Waals surface area contributed by atoms with Crippen LogP contribution in [0, 0.1) is 6.57 Å². The minimum atomic E-state index is -2.59. The first-order valence-electron chi connectivity index (χ1n) is 25.9. The number of aliphatic hydroxyl groups is 2. The summed E-state index contributed by atoms with van der Waals surface area (Å²) in [6.45, 7) is 7.93. The maximum atomic E-state index is 13.7. The van der Waals surface area contributed by atoms with Crippen LogP contribution in [0.3, 0.4) is 0 Å². The van der Waals surface area contributed by atoms with E-state index in [1.165, 1.54) is 28.7 Å². The van der Waals surface area contributed by atoms with Crippen molar-refractivity contribution < 1.29 is 56.2 Å². The van der Waals surface area contributed by atoms with Gasteiger partial charge >= 0.3 is 5.97 Å². The fourth-order valence-corrected chi connectivity index (χ4v) is 13.6. The number of thiazole rings is 2. The second kappa shape index (κ2) is 20.0. The predicted molar refractivity (Wildman–Crippen MR) is 264 cm³/mol. The fraction of sp³-hybridized carbons (Fsp3) is 0.593. The normalized spacial score (nSPS) is 26.6. The molecular formula is C54H59F4N5O8S2. The van der Waals surface area contributed by atoms with E-state index in [4.69, 9.17) is 25.1 Å². The van der Waals surface area contributed by atoms with Crippen LogP contribution in [0.4, 0.5) is 23.2 Å². The zero-order valence-corrected chi connectivity index (χ0v) is 42.1. The molecule has 0 atom stereocenters. The highest BCUT2D eigenvalue weighted by atomic mass is 32.1. The number of benzene rings is 2. The molecule has 6 saturated carbocycles. The number of carboxylic acids is 1. The quantitative estimate of drug-likeness (QED) is 0.0737. The monoisotopic (exact) mass is 1050 g/mol. The van der Waals surface area contributed by atoms with Gasteiger partial charge < -0.3 is 33.8 Å². The lowest BCUT2D eigenvalue weighted by molar-refractivity contribution is -0.0645. The molecule has 0 amide bonds. The third kappa shape index (κ3) is 11.0. The summed E-state index contributed by atoms with van der Waals surface area (Å²) in [5.41, 5.74) is 3.72. The van der Waals surface area contributed by atoms with Gasteiger partial charge in [-0.2, -0.15) is 0 Å². The molecule has 13 nitrogen and oxygen atoms in total. The lowest BCUT2D eigenvalue weighted by atomic mass is 9.83. The van der Waals surface area contributed by atoms with E-state index in [1.807, 2.05) is 12.1 Å². The molecule has 0 radical (unpaired) electrons. The highest BCUT2D eigenvalue weighted by Crippen LogP contribution is 2.50. The summed E-state index contributed by atoms with van der Waals surface area (Å²) in [4.78, 5) is 24.0. The number of carboxylic acid groups (broad SMARTS) is 1. The Labute approximate surface area is 427 Å². The third-order valence-electron chi connectivity index (χ3n) is 16.2. The Morgan fingerprint density at radius 3 is 1.45 bits per heavy atom. The van der Waals surface area contributed by atoms with Crippen molar-refractivity contribution in [3.63, 3.8) is 0 Å². The van der Waals surface area contributed by atoms with Crippen LogP contribution >= 0.6 is 22.7 Å². The van der Waals surface area contributed by atoms with Crippen LogP contribution in [0.5, 0.6) is 0 Å². The maximum Gasteiger partial charge on any atom is 0.335 e. The average Bonchev–Trinajstić information content (AvgIpc) is 4.21. The Morgan fingerprint density at radius 2 is 1.04 bits per heavy atom. The van der Waals surface area contributed by atoms with E-state index in [0.29, 0.717) is 123 Å². The second-order valence-electron chi connectivity index (χ2n) is 21.5. The second-order valence-corrected chi connectivity index (χ2v) is 23.6. The number of rotatable bonds is 13. The number of aromatic nitrogens is 4. The molecule has 0 aliphatic heterocycles. The van der Waals surface area contributed by atoms with Gasteiger partial charge in [0.2, 0.25) is 11.8 Å². The van der Waals surface area contributed by atoms with E-state index in [2.05, 4.69) is 25.1 Å². The Hall–Kier alpha value is -4.84. The first kappa shape index (κ1) is 50.3. The molecule has 73 heavy (non-hydrogen) atoms. The Kier molecular flexibility index (Phi) is 13.8. The van der Waals surface area contributed by atoms with Crippen molar-refractivity contribution in [2.45, 2.75) is 201 Å². The van der Waals surface area contributed by atoms with Gasteiger partial charge in [-0.05, 0) is 133 Å². The number of hydrogen-bond acceptors (Lipinski definition) is 13. The molecule has 6 aliphatic carbocycles. The number of halogens is 4. The molecule has 388 valence electrons. The molecule has 4 aromatic heterocycles. The van der Waals surface area contributed by atoms with Crippen LogP contribution in [0.2, 0.25) is 0 Å². The van der Waals surface area contributed by atoms with Gasteiger partial charge in [-0.25, -0.2) is 37.2 Å². The first-order chi connectivity index (χ1) is 35.0. The lowest BCUT2D eigenvalue weighted by Crippen LogP contribution is -2.34. The number of ether oxygens (including phenoxy) is 2. The Bertz CT molecular complexity index is 2990. The Balaban J connectivity index is 0.000000157. The summed E-state index contributed by atoms with van der Waals surface area (Å²) in [5.74, 6) is -3.72. The van der Waals surface area contributed by atoms with Crippen molar-refractivity contribution in [3.05, 3.63) is 97.4 Å². The molecule has 6 fully saturated rings. The van der Waals surface area contributed by atoms with E-state index in [9.17, 15) is 37.7 Å². The van der Waals surface area contributed by atoms with Crippen molar-refractivity contribution in [2.75, 3.05) is 0 Å². The molecule has 6 aromatic rings. The number of fused-ring (bicyclic) bond motifs is 2. The van der Waals surface area contributed by atoms with Gasteiger partial charge in [0.05, 0.1) is 64.7 Å². The van der Waals surface area contributed by atoms with E-state index in [1.54, 1.807) is 18.2 Å².